The van der Waals surface area contributed by atoms with E-state index in [0.29, 0.717) is 5.65 Å². The highest BCUT2D eigenvalue weighted by Crippen LogP contribution is 2.32. The fourth-order valence-corrected chi connectivity index (χ4v) is 2.40. The standard InChI is InChI=1S/C11H14N4O5/c1-19-8-7(17)5(2-16)20-11(8)15-4-14-6-9(15)12-3-13-10(6)18/h3-5,7-8,11,16-17H,2H2,1H3,(H,12,13,18)/t5-,7+,8+,11-/m0/s1. The molecule has 1 saturated heterocycles. The van der Waals surface area contributed by atoms with Gasteiger partial charge >= 0.3 is 0 Å². The largest absolute Gasteiger partial charge is 0.394 e. The number of hydrogen-bond acceptors (Lipinski definition) is 7. The summed E-state index contributed by atoms with van der Waals surface area (Å²) in [5.41, 5.74) is 0.138. The zero-order valence-corrected chi connectivity index (χ0v) is 10.6. The minimum atomic E-state index is -0.977. The molecule has 0 aliphatic carbocycles. The lowest BCUT2D eigenvalue weighted by molar-refractivity contribution is -0.0583. The van der Waals surface area contributed by atoms with Crippen LogP contribution in [0.3, 0.4) is 0 Å². The van der Waals surface area contributed by atoms with E-state index in [1.54, 1.807) is 0 Å². The Balaban J connectivity index is 2.06. The molecule has 3 heterocycles. The molecule has 108 valence electrons. The molecule has 0 aromatic carbocycles. The van der Waals surface area contributed by atoms with Crippen molar-refractivity contribution in [2.24, 2.45) is 0 Å². The molecule has 3 rings (SSSR count). The Kier molecular flexibility index (Phi) is 3.26. The number of aliphatic hydroxyl groups is 2. The summed E-state index contributed by atoms with van der Waals surface area (Å²) < 4.78 is 12.3. The lowest BCUT2D eigenvalue weighted by Gasteiger charge is -2.19. The van der Waals surface area contributed by atoms with E-state index in [-0.39, 0.29) is 17.7 Å². The molecule has 2 aromatic rings. The van der Waals surface area contributed by atoms with Crippen molar-refractivity contribution in [3.05, 3.63) is 23.0 Å². The van der Waals surface area contributed by atoms with Gasteiger partial charge in [0.1, 0.15) is 18.3 Å². The van der Waals surface area contributed by atoms with E-state index < -0.39 is 24.5 Å². The van der Waals surface area contributed by atoms with Gasteiger partial charge in [0.05, 0.1) is 19.3 Å². The molecular weight excluding hydrogens is 268 g/mol. The van der Waals surface area contributed by atoms with Gasteiger partial charge in [0.25, 0.3) is 5.56 Å². The lowest BCUT2D eigenvalue weighted by atomic mass is 10.1. The van der Waals surface area contributed by atoms with Crippen LogP contribution in [0.15, 0.2) is 17.4 Å². The molecule has 1 fully saturated rings. The molecule has 0 radical (unpaired) electrons. The molecule has 9 heteroatoms. The lowest BCUT2D eigenvalue weighted by Crippen LogP contribution is -2.34. The van der Waals surface area contributed by atoms with Gasteiger partial charge < -0.3 is 24.7 Å². The highest BCUT2D eigenvalue weighted by molar-refractivity contribution is 5.68. The van der Waals surface area contributed by atoms with E-state index in [1.165, 1.54) is 24.3 Å². The highest BCUT2D eigenvalue weighted by atomic mass is 16.6. The van der Waals surface area contributed by atoms with E-state index in [0.717, 1.165) is 0 Å². The molecule has 0 spiro atoms. The maximum atomic E-state index is 11.6. The first-order valence-electron chi connectivity index (χ1n) is 6.04. The van der Waals surface area contributed by atoms with Crippen LogP contribution in [0.1, 0.15) is 6.23 Å². The molecule has 3 N–H and O–H groups in total. The first-order valence-corrected chi connectivity index (χ1v) is 6.04. The number of hydrogen-bond donors (Lipinski definition) is 3. The maximum Gasteiger partial charge on any atom is 0.278 e. The Labute approximate surface area is 112 Å². The average Bonchev–Trinajstić information content (AvgIpc) is 3.00. The van der Waals surface area contributed by atoms with Crippen molar-refractivity contribution in [1.82, 2.24) is 19.5 Å². The number of H-pyrrole nitrogens is 1. The zero-order chi connectivity index (χ0) is 14.3. The summed E-state index contributed by atoms with van der Waals surface area (Å²) in [7, 11) is 1.43. The monoisotopic (exact) mass is 282 g/mol. The maximum absolute atomic E-state index is 11.6. The normalized spacial score (nSPS) is 30.1. The molecule has 9 nitrogen and oxygen atoms in total. The molecule has 20 heavy (non-hydrogen) atoms. The van der Waals surface area contributed by atoms with Gasteiger partial charge in [-0.3, -0.25) is 9.36 Å². The predicted molar refractivity (Wildman–Crippen MR) is 65.9 cm³/mol. The van der Waals surface area contributed by atoms with Crippen LogP contribution >= 0.6 is 0 Å². The van der Waals surface area contributed by atoms with Crippen molar-refractivity contribution in [1.29, 1.82) is 0 Å². The third-order valence-corrected chi connectivity index (χ3v) is 3.40. The topological polar surface area (TPSA) is 122 Å². The van der Waals surface area contributed by atoms with Gasteiger partial charge in [0.15, 0.2) is 17.4 Å². The first kappa shape index (κ1) is 13.2. The number of imidazole rings is 1. The summed E-state index contributed by atoms with van der Waals surface area (Å²) in [6.45, 7) is -0.335. The van der Waals surface area contributed by atoms with Crippen molar-refractivity contribution in [3.63, 3.8) is 0 Å². The minimum absolute atomic E-state index is 0.174. The van der Waals surface area contributed by atoms with Crippen LogP contribution in [0.25, 0.3) is 11.2 Å². The summed E-state index contributed by atoms with van der Waals surface area (Å²) in [5, 5.41) is 19.2. The van der Waals surface area contributed by atoms with Gasteiger partial charge in [-0.1, -0.05) is 0 Å². The number of ether oxygens (including phenoxy) is 2. The summed E-state index contributed by atoms with van der Waals surface area (Å²) in [6, 6.07) is 0. The Morgan fingerprint density at radius 3 is 3.05 bits per heavy atom. The van der Waals surface area contributed by atoms with Crippen LogP contribution in [0, 0.1) is 0 Å². The van der Waals surface area contributed by atoms with E-state index >= 15 is 0 Å². The van der Waals surface area contributed by atoms with Crippen LogP contribution in [0.2, 0.25) is 0 Å². The third-order valence-electron chi connectivity index (χ3n) is 3.40. The van der Waals surface area contributed by atoms with Gasteiger partial charge in [0, 0.05) is 7.11 Å². The summed E-state index contributed by atoms with van der Waals surface area (Å²) in [4.78, 5) is 22.1. The van der Waals surface area contributed by atoms with Crippen molar-refractivity contribution in [2.45, 2.75) is 24.5 Å². The molecular formula is C11H14N4O5. The van der Waals surface area contributed by atoms with E-state index in [4.69, 9.17) is 9.47 Å². The molecule has 0 saturated carbocycles. The Hall–Kier alpha value is -1.81. The van der Waals surface area contributed by atoms with Gasteiger partial charge in [-0.05, 0) is 0 Å². The van der Waals surface area contributed by atoms with Crippen molar-refractivity contribution < 1.29 is 19.7 Å². The van der Waals surface area contributed by atoms with Crippen molar-refractivity contribution >= 4 is 11.2 Å². The quantitative estimate of drug-likeness (QED) is 0.618. The second-order valence-corrected chi connectivity index (χ2v) is 4.49. The SMILES string of the molecule is CO[C@@H]1[C@H](O)[C@H](CO)O[C@@H]1n1cnc2c(=O)[nH]cnc21. The average molecular weight is 282 g/mol. The molecule has 4 atom stereocenters. The molecule has 0 unspecified atom stereocenters. The molecule has 1 aliphatic heterocycles. The van der Waals surface area contributed by atoms with Crippen molar-refractivity contribution in [3.8, 4) is 0 Å². The van der Waals surface area contributed by atoms with Gasteiger partial charge in [-0.25, -0.2) is 9.97 Å². The predicted octanol–water partition coefficient (Wildman–Crippen LogP) is -1.61. The van der Waals surface area contributed by atoms with Crippen LogP contribution < -0.4 is 5.56 Å². The number of aliphatic hydroxyl groups excluding tert-OH is 2. The Bertz CT molecular complexity index is 668. The Morgan fingerprint density at radius 1 is 1.55 bits per heavy atom. The fourth-order valence-electron chi connectivity index (χ4n) is 2.40. The second-order valence-electron chi connectivity index (χ2n) is 4.49. The number of nitrogens with zero attached hydrogens (tertiary/aromatic N) is 3. The molecule has 0 bridgehead atoms. The number of methoxy groups -OCH3 is 1. The zero-order valence-electron chi connectivity index (χ0n) is 10.6. The fraction of sp³-hybridized carbons (Fsp3) is 0.545. The summed E-state index contributed by atoms with van der Waals surface area (Å²) >= 11 is 0. The molecule has 0 amide bonds. The van der Waals surface area contributed by atoms with Gasteiger partial charge in [-0.15, -0.1) is 0 Å². The number of aromatic nitrogens is 4. The molecule has 2 aromatic heterocycles. The number of rotatable bonds is 3. The smallest absolute Gasteiger partial charge is 0.278 e. The van der Waals surface area contributed by atoms with Crippen LogP contribution in [-0.2, 0) is 9.47 Å². The van der Waals surface area contributed by atoms with Crippen LogP contribution in [0.5, 0.6) is 0 Å². The molecule has 1 aliphatic rings. The van der Waals surface area contributed by atoms with Gasteiger partial charge in [0.2, 0.25) is 0 Å². The number of aromatic amines is 1. The second kappa shape index (κ2) is 4.94. The van der Waals surface area contributed by atoms with E-state index in [1.807, 2.05) is 0 Å². The number of nitrogens with one attached hydrogen (secondary N) is 1. The van der Waals surface area contributed by atoms with Crippen molar-refractivity contribution in [2.75, 3.05) is 13.7 Å². The summed E-state index contributed by atoms with van der Waals surface area (Å²) in [5.74, 6) is 0. The Morgan fingerprint density at radius 2 is 2.35 bits per heavy atom. The first-order chi connectivity index (χ1) is 9.67. The third kappa shape index (κ3) is 1.83. The van der Waals surface area contributed by atoms with E-state index in [2.05, 4.69) is 15.0 Å². The van der Waals surface area contributed by atoms with E-state index in [9.17, 15) is 15.0 Å². The summed E-state index contributed by atoms with van der Waals surface area (Å²) in [6.07, 6.45) is -0.480. The van der Waals surface area contributed by atoms with Gasteiger partial charge in [-0.2, -0.15) is 0 Å². The van der Waals surface area contributed by atoms with Crippen LogP contribution in [0.4, 0.5) is 0 Å². The minimum Gasteiger partial charge on any atom is -0.394 e. The highest BCUT2D eigenvalue weighted by Gasteiger charge is 2.45. The number of fused-ring (bicyclic) bond motifs is 1. The van der Waals surface area contributed by atoms with Crippen LogP contribution in [-0.4, -0.2) is 61.8 Å².